The lowest BCUT2D eigenvalue weighted by molar-refractivity contribution is -0.384. The highest BCUT2D eigenvalue weighted by Gasteiger charge is 2.44. The number of hydrogen-bond acceptors (Lipinski definition) is 9. The maximum absolute atomic E-state index is 12.8. The maximum Gasteiger partial charge on any atom is 0.415 e. The number of nitro benzene ring substituents is 1. The van der Waals surface area contributed by atoms with Crippen molar-refractivity contribution in [1.29, 1.82) is 0 Å². The fourth-order valence-electron chi connectivity index (χ4n) is 5.19. The van der Waals surface area contributed by atoms with Gasteiger partial charge in [0.05, 0.1) is 4.92 Å². The Labute approximate surface area is 222 Å². The molecule has 0 atom stereocenters. The van der Waals surface area contributed by atoms with E-state index in [-0.39, 0.29) is 36.4 Å². The number of benzene rings is 3. The number of non-ortho nitro benzene ring substituents is 1. The van der Waals surface area contributed by atoms with Gasteiger partial charge in [-0.3, -0.25) is 10.1 Å². The minimum atomic E-state index is -1.41. The number of aliphatic hydroxyl groups is 1. The van der Waals surface area contributed by atoms with Crippen LogP contribution in [0.4, 0.5) is 10.5 Å². The van der Waals surface area contributed by atoms with Crippen molar-refractivity contribution in [3.05, 3.63) is 81.9 Å². The maximum atomic E-state index is 12.8. The predicted octanol–water partition coefficient (Wildman–Crippen LogP) is 3.37. The van der Waals surface area contributed by atoms with Crippen LogP contribution in [0.15, 0.2) is 60.7 Å². The molecule has 0 radical (unpaired) electrons. The number of rotatable bonds is 5. The minimum absolute atomic E-state index is 0. The third-order valence-corrected chi connectivity index (χ3v) is 7.22. The van der Waals surface area contributed by atoms with Gasteiger partial charge in [-0.1, -0.05) is 12.1 Å². The van der Waals surface area contributed by atoms with E-state index in [1.807, 2.05) is 12.1 Å². The summed E-state index contributed by atoms with van der Waals surface area (Å²) in [4.78, 5) is 24.7. The Morgan fingerprint density at radius 1 is 0.872 bits per heavy atom. The number of piperidine rings is 1. The molecule has 0 aliphatic carbocycles. The second-order valence-electron chi connectivity index (χ2n) is 9.28. The minimum Gasteiger partial charge on any atom is -0.454 e. The smallest absolute Gasteiger partial charge is 0.415 e. The highest BCUT2D eigenvalue weighted by Crippen LogP contribution is 2.47. The van der Waals surface area contributed by atoms with Crippen molar-refractivity contribution in [1.82, 2.24) is 4.90 Å². The van der Waals surface area contributed by atoms with Gasteiger partial charge in [-0.05, 0) is 66.3 Å². The number of carbonyl (C=O) groups excluding carboxylic acids is 1. The number of ether oxygens (including phenoxy) is 5. The fourth-order valence-corrected chi connectivity index (χ4v) is 5.19. The van der Waals surface area contributed by atoms with Gasteiger partial charge >= 0.3 is 6.09 Å². The zero-order valence-corrected chi connectivity index (χ0v) is 20.7. The lowest BCUT2D eigenvalue weighted by Crippen LogP contribution is -2.46. The van der Waals surface area contributed by atoms with Crippen molar-refractivity contribution in [2.24, 2.45) is 5.92 Å². The molecule has 3 heterocycles. The molecule has 0 unspecified atom stereocenters. The molecule has 0 aromatic heterocycles. The van der Waals surface area contributed by atoms with Gasteiger partial charge in [-0.25, -0.2) is 4.79 Å². The molecular weight excluding hydrogens is 512 g/mol. The Kier molecular flexibility index (Phi) is 6.89. The predicted molar refractivity (Wildman–Crippen MR) is 135 cm³/mol. The number of hydrogen-bond donors (Lipinski definition) is 1. The van der Waals surface area contributed by atoms with Crippen LogP contribution in [0.2, 0.25) is 0 Å². The summed E-state index contributed by atoms with van der Waals surface area (Å²) >= 11 is 0. The molecule has 3 N–H and O–H groups in total. The summed E-state index contributed by atoms with van der Waals surface area (Å²) in [5, 5.41) is 23.2. The Hall–Kier alpha value is -4.55. The molecular formula is C27H26N2O10. The van der Waals surface area contributed by atoms with Gasteiger partial charge < -0.3 is 39.2 Å². The molecule has 3 aromatic rings. The van der Waals surface area contributed by atoms with Crippen LogP contribution in [0, 0.1) is 16.0 Å². The van der Waals surface area contributed by atoms with Gasteiger partial charge in [-0.2, -0.15) is 0 Å². The molecule has 3 aliphatic heterocycles. The lowest BCUT2D eigenvalue weighted by Gasteiger charge is -2.42. The summed E-state index contributed by atoms with van der Waals surface area (Å²) in [6.07, 6.45) is 0.441. The van der Waals surface area contributed by atoms with Crippen LogP contribution >= 0.6 is 0 Å². The van der Waals surface area contributed by atoms with Crippen molar-refractivity contribution < 1.29 is 44.0 Å². The zero-order chi connectivity index (χ0) is 26.3. The van der Waals surface area contributed by atoms with Crippen LogP contribution in [0.5, 0.6) is 28.7 Å². The molecule has 39 heavy (non-hydrogen) atoms. The van der Waals surface area contributed by atoms with Gasteiger partial charge in [0.25, 0.3) is 5.69 Å². The Balaban J connectivity index is 0.00000308. The van der Waals surface area contributed by atoms with E-state index in [4.69, 9.17) is 23.7 Å². The number of carbonyl (C=O) groups is 1. The van der Waals surface area contributed by atoms with E-state index in [1.54, 1.807) is 29.2 Å². The number of amides is 1. The van der Waals surface area contributed by atoms with Crippen molar-refractivity contribution in [2.45, 2.75) is 18.4 Å². The van der Waals surface area contributed by atoms with E-state index in [0.717, 1.165) is 0 Å². The number of nitrogens with zero attached hydrogens (tertiary/aromatic N) is 2. The largest absolute Gasteiger partial charge is 0.454 e. The van der Waals surface area contributed by atoms with E-state index in [9.17, 15) is 20.0 Å². The van der Waals surface area contributed by atoms with Crippen molar-refractivity contribution in [2.75, 3.05) is 26.7 Å². The molecule has 3 aliphatic rings. The second kappa shape index (κ2) is 10.3. The first-order valence-corrected chi connectivity index (χ1v) is 12.2. The van der Waals surface area contributed by atoms with Gasteiger partial charge in [0.1, 0.15) is 11.4 Å². The molecule has 12 heteroatoms. The third kappa shape index (κ3) is 4.75. The van der Waals surface area contributed by atoms with Crippen LogP contribution < -0.4 is 23.7 Å². The van der Waals surface area contributed by atoms with Crippen LogP contribution in [0.1, 0.15) is 24.0 Å². The highest BCUT2D eigenvalue weighted by atomic mass is 16.7. The molecule has 1 fully saturated rings. The molecule has 0 spiro atoms. The highest BCUT2D eigenvalue weighted by molar-refractivity contribution is 5.71. The first-order valence-electron chi connectivity index (χ1n) is 12.2. The average Bonchev–Trinajstić information content (AvgIpc) is 3.61. The molecule has 1 saturated heterocycles. The van der Waals surface area contributed by atoms with Crippen LogP contribution in [-0.4, -0.2) is 53.2 Å². The van der Waals surface area contributed by atoms with E-state index in [0.29, 0.717) is 60.1 Å². The molecule has 6 rings (SSSR count). The van der Waals surface area contributed by atoms with Gasteiger partial charge in [-0.15, -0.1) is 0 Å². The van der Waals surface area contributed by atoms with E-state index < -0.39 is 16.6 Å². The second-order valence-corrected chi connectivity index (χ2v) is 9.28. The number of nitro groups is 1. The Morgan fingerprint density at radius 3 is 1.90 bits per heavy atom. The van der Waals surface area contributed by atoms with Gasteiger partial charge in [0.2, 0.25) is 13.6 Å². The first-order chi connectivity index (χ1) is 18.4. The Morgan fingerprint density at radius 2 is 1.38 bits per heavy atom. The van der Waals surface area contributed by atoms with Crippen molar-refractivity contribution >= 4 is 11.8 Å². The van der Waals surface area contributed by atoms with E-state index in [2.05, 4.69) is 0 Å². The summed E-state index contributed by atoms with van der Waals surface area (Å²) in [5.41, 5.74) is -0.201. The van der Waals surface area contributed by atoms with E-state index >= 15 is 0 Å². The topological polar surface area (TPSA) is 161 Å². The normalized spacial score (nSPS) is 16.0. The van der Waals surface area contributed by atoms with E-state index in [1.165, 1.54) is 24.3 Å². The average molecular weight is 539 g/mol. The number of fused-ring (bicyclic) bond motifs is 2. The first kappa shape index (κ1) is 26.1. The number of likely N-dealkylation sites (tertiary alicyclic amines) is 1. The molecule has 204 valence electrons. The standard InChI is InChI=1S/C27H24N2O9.H2O/c30-26(38-21-5-3-20(4-6-21)29(32)33)28-11-9-17(10-12-28)27(31,18-1-7-22-24(13-18)36-15-34-22)19-2-8-23-25(14-19)37-16-35-23;/h1-8,13-14,17,31H,9-12,15-16H2;1H2. The summed E-state index contributed by atoms with van der Waals surface area (Å²) < 4.78 is 27.5. The van der Waals surface area contributed by atoms with Gasteiger partial charge in [0, 0.05) is 25.2 Å². The van der Waals surface area contributed by atoms with Crippen molar-refractivity contribution in [3.8, 4) is 28.7 Å². The summed E-state index contributed by atoms with van der Waals surface area (Å²) in [6.45, 7) is 0.953. The molecule has 12 nitrogen and oxygen atoms in total. The summed E-state index contributed by atoms with van der Waals surface area (Å²) in [6, 6.07) is 16.2. The molecule has 1 amide bonds. The zero-order valence-electron chi connectivity index (χ0n) is 20.7. The summed E-state index contributed by atoms with van der Waals surface area (Å²) in [7, 11) is 0. The lowest BCUT2D eigenvalue weighted by atomic mass is 9.72. The van der Waals surface area contributed by atoms with Gasteiger partial charge in [0.15, 0.2) is 23.0 Å². The SMILES string of the molecule is O.O=C(Oc1ccc([N+](=O)[O-])cc1)N1CCC(C(O)(c2ccc3c(c2)OCO3)c2ccc3c(c2)OCO3)CC1. The quantitative estimate of drug-likeness (QED) is 0.379. The molecule has 0 bridgehead atoms. The van der Waals surface area contributed by atoms with Crippen molar-refractivity contribution in [3.63, 3.8) is 0 Å². The summed E-state index contributed by atoms with van der Waals surface area (Å²) in [5.74, 6) is 2.33. The van der Waals surface area contributed by atoms with Crippen LogP contribution in [-0.2, 0) is 5.60 Å². The van der Waals surface area contributed by atoms with Crippen LogP contribution in [0.25, 0.3) is 0 Å². The van der Waals surface area contributed by atoms with Crippen LogP contribution in [0.3, 0.4) is 0 Å². The fraction of sp³-hybridized carbons (Fsp3) is 0.296. The third-order valence-electron chi connectivity index (χ3n) is 7.22. The molecule has 3 aromatic carbocycles. The Bertz CT molecular complexity index is 1330. The monoisotopic (exact) mass is 538 g/mol. The molecule has 0 saturated carbocycles.